The first-order valence-corrected chi connectivity index (χ1v) is 9.59. The smallest absolute Gasteiger partial charge is 0.407 e. The van der Waals surface area contributed by atoms with E-state index in [9.17, 15) is 4.79 Å². The summed E-state index contributed by atoms with van der Waals surface area (Å²) < 4.78 is 5.41. The van der Waals surface area contributed by atoms with Crippen LogP contribution < -0.4 is 10.2 Å². The van der Waals surface area contributed by atoms with Crippen LogP contribution in [0.2, 0.25) is 0 Å². The summed E-state index contributed by atoms with van der Waals surface area (Å²) in [5.41, 5.74) is 1.56. The molecule has 0 saturated carbocycles. The Balaban J connectivity index is 1.83. The van der Waals surface area contributed by atoms with Crippen LogP contribution in [0.1, 0.15) is 46.6 Å². The third kappa shape index (κ3) is 4.64. The number of hydrogen-bond donors (Lipinski definition) is 1. The molecule has 0 aromatic carbocycles. The predicted octanol–water partition coefficient (Wildman–Crippen LogP) is 3.33. The van der Waals surface area contributed by atoms with Gasteiger partial charge >= 0.3 is 6.09 Å². The molecule has 27 heavy (non-hydrogen) atoms. The first-order valence-electron chi connectivity index (χ1n) is 9.59. The standard InChI is InChI=1S/C20H29N5O2/c1-6-14-8-22-18(16-9-21-12-23-17(14)16)25-10-13(2)7-15(11-25)24-19(26)27-20(3,4)5/h8-9,12-13,15H,6-7,10-11H2,1-5H3,(H,24,26). The molecule has 2 aromatic heterocycles. The quantitative estimate of drug-likeness (QED) is 0.891. The van der Waals surface area contributed by atoms with Gasteiger partial charge in [0.05, 0.1) is 16.9 Å². The molecule has 3 heterocycles. The Labute approximate surface area is 160 Å². The second kappa shape index (κ2) is 7.66. The molecule has 0 aliphatic carbocycles. The molecule has 146 valence electrons. The van der Waals surface area contributed by atoms with Gasteiger partial charge in [0.2, 0.25) is 0 Å². The van der Waals surface area contributed by atoms with E-state index in [1.54, 1.807) is 6.33 Å². The molecule has 1 fully saturated rings. The van der Waals surface area contributed by atoms with Gasteiger partial charge in [-0.25, -0.2) is 19.7 Å². The monoisotopic (exact) mass is 371 g/mol. The number of amides is 1. The third-order valence-electron chi connectivity index (χ3n) is 4.66. The summed E-state index contributed by atoms with van der Waals surface area (Å²) in [6, 6.07) is 0.0101. The zero-order chi connectivity index (χ0) is 19.6. The summed E-state index contributed by atoms with van der Waals surface area (Å²) in [6.45, 7) is 11.5. The van der Waals surface area contributed by atoms with Crippen molar-refractivity contribution in [1.82, 2.24) is 20.3 Å². The van der Waals surface area contributed by atoms with Crippen LogP contribution in [-0.2, 0) is 11.2 Å². The Morgan fingerprint density at radius 3 is 2.78 bits per heavy atom. The van der Waals surface area contributed by atoms with E-state index in [0.717, 1.165) is 41.7 Å². The number of carbonyl (C=O) groups excluding carboxylic acids is 1. The first kappa shape index (κ1) is 19.3. The summed E-state index contributed by atoms with van der Waals surface area (Å²) in [7, 11) is 0. The molecule has 0 radical (unpaired) electrons. The first-order chi connectivity index (χ1) is 12.8. The molecule has 1 aliphatic rings. The van der Waals surface area contributed by atoms with Crippen molar-refractivity contribution in [2.75, 3.05) is 18.0 Å². The number of fused-ring (bicyclic) bond motifs is 1. The summed E-state index contributed by atoms with van der Waals surface area (Å²) >= 11 is 0. The highest BCUT2D eigenvalue weighted by Gasteiger charge is 2.29. The molecule has 0 spiro atoms. The average molecular weight is 371 g/mol. The van der Waals surface area contributed by atoms with E-state index in [2.05, 4.69) is 34.0 Å². The second-order valence-corrected chi connectivity index (χ2v) is 8.33. The van der Waals surface area contributed by atoms with Crippen molar-refractivity contribution in [2.45, 2.75) is 59.1 Å². The van der Waals surface area contributed by atoms with Gasteiger partial charge in [0.25, 0.3) is 0 Å². The normalized spacial score (nSPS) is 20.6. The lowest BCUT2D eigenvalue weighted by Gasteiger charge is -2.38. The van der Waals surface area contributed by atoms with Crippen LogP contribution in [-0.4, -0.2) is 45.8 Å². The highest BCUT2D eigenvalue weighted by atomic mass is 16.6. The third-order valence-corrected chi connectivity index (χ3v) is 4.66. The van der Waals surface area contributed by atoms with Crippen LogP contribution in [0, 0.1) is 5.92 Å². The van der Waals surface area contributed by atoms with Crippen LogP contribution in [0.15, 0.2) is 18.7 Å². The molecule has 2 aromatic rings. The van der Waals surface area contributed by atoms with Gasteiger partial charge < -0.3 is 15.0 Å². The van der Waals surface area contributed by atoms with Gasteiger partial charge in [0.1, 0.15) is 17.7 Å². The van der Waals surface area contributed by atoms with E-state index in [1.807, 2.05) is 33.2 Å². The van der Waals surface area contributed by atoms with Crippen molar-refractivity contribution in [2.24, 2.45) is 5.92 Å². The van der Waals surface area contributed by atoms with Crippen molar-refractivity contribution in [1.29, 1.82) is 0 Å². The van der Waals surface area contributed by atoms with E-state index in [-0.39, 0.29) is 12.1 Å². The molecule has 7 heteroatoms. The largest absolute Gasteiger partial charge is 0.444 e. The Hall–Kier alpha value is -2.44. The molecule has 0 bridgehead atoms. The molecule has 7 nitrogen and oxygen atoms in total. The van der Waals surface area contributed by atoms with Gasteiger partial charge in [-0.2, -0.15) is 0 Å². The number of alkyl carbamates (subject to hydrolysis) is 1. The highest BCUT2D eigenvalue weighted by molar-refractivity contribution is 5.91. The van der Waals surface area contributed by atoms with Gasteiger partial charge in [-0.05, 0) is 45.1 Å². The number of aryl methyl sites for hydroxylation is 1. The zero-order valence-corrected chi connectivity index (χ0v) is 16.8. The van der Waals surface area contributed by atoms with Crippen LogP contribution in [0.5, 0.6) is 0 Å². The minimum atomic E-state index is -0.505. The lowest BCUT2D eigenvalue weighted by atomic mass is 9.95. The van der Waals surface area contributed by atoms with Gasteiger partial charge in [-0.3, -0.25) is 0 Å². The maximum Gasteiger partial charge on any atom is 0.407 e. The van der Waals surface area contributed by atoms with Crippen molar-refractivity contribution >= 4 is 22.8 Å². The number of anilines is 1. The predicted molar refractivity (Wildman–Crippen MR) is 106 cm³/mol. The van der Waals surface area contributed by atoms with Gasteiger partial charge in [0, 0.05) is 25.5 Å². The topological polar surface area (TPSA) is 80.2 Å². The number of hydrogen-bond acceptors (Lipinski definition) is 6. The maximum atomic E-state index is 12.2. The summed E-state index contributed by atoms with van der Waals surface area (Å²) in [6.07, 6.45) is 6.73. The summed E-state index contributed by atoms with van der Waals surface area (Å²) in [4.78, 5) is 27.8. The average Bonchev–Trinajstić information content (AvgIpc) is 2.58. The Kier molecular flexibility index (Phi) is 5.48. The van der Waals surface area contributed by atoms with Crippen LogP contribution in [0.3, 0.4) is 0 Å². The van der Waals surface area contributed by atoms with Crippen LogP contribution in [0.25, 0.3) is 10.9 Å². The van der Waals surface area contributed by atoms with Gasteiger partial charge in [0.15, 0.2) is 0 Å². The fraction of sp³-hybridized carbons (Fsp3) is 0.600. The minimum Gasteiger partial charge on any atom is -0.444 e. The van der Waals surface area contributed by atoms with Crippen LogP contribution in [0.4, 0.5) is 10.6 Å². The van der Waals surface area contributed by atoms with E-state index in [1.165, 1.54) is 0 Å². The lowest BCUT2D eigenvalue weighted by molar-refractivity contribution is 0.0495. The van der Waals surface area contributed by atoms with Crippen molar-refractivity contribution in [3.8, 4) is 0 Å². The molecule has 2 unspecified atom stereocenters. The Morgan fingerprint density at radius 1 is 1.30 bits per heavy atom. The fourth-order valence-electron chi connectivity index (χ4n) is 3.63. The summed E-state index contributed by atoms with van der Waals surface area (Å²) in [5, 5.41) is 3.97. The zero-order valence-electron chi connectivity index (χ0n) is 16.8. The summed E-state index contributed by atoms with van der Waals surface area (Å²) in [5.74, 6) is 1.30. The number of rotatable bonds is 3. The number of ether oxygens (including phenoxy) is 1. The Bertz CT molecular complexity index is 818. The number of pyridine rings is 1. The highest BCUT2D eigenvalue weighted by Crippen LogP contribution is 2.29. The van der Waals surface area contributed by atoms with Gasteiger partial charge in [-0.15, -0.1) is 0 Å². The van der Waals surface area contributed by atoms with E-state index in [4.69, 9.17) is 9.72 Å². The molecule has 1 amide bonds. The van der Waals surface area contributed by atoms with Gasteiger partial charge in [-0.1, -0.05) is 13.8 Å². The number of nitrogens with zero attached hydrogens (tertiary/aromatic N) is 4. The molecule has 2 atom stereocenters. The number of aromatic nitrogens is 3. The number of piperidine rings is 1. The molecular formula is C20H29N5O2. The van der Waals surface area contributed by atoms with Crippen molar-refractivity contribution in [3.05, 3.63) is 24.3 Å². The molecule has 3 rings (SSSR count). The molecule has 1 aliphatic heterocycles. The van der Waals surface area contributed by atoms with E-state index >= 15 is 0 Å². The maximum absolute atomic E-state index is 12.2. The second-order valence-electron chi connectivity index (χ2n) is 8.33. The fourth-order valence-corrected chi connectivity index (χ4v) is 3.63. The Morgan fingerprint density at radius 2 is 2.07 bits per heavy atom. The lowest BCUT2D eigenvalue weighted by Crippen LogP contribution is -2.51. The van der Waals surface area contributed by atoms with E-state index < -0.39 is 5.60 Å². The van der Waals surface area contributed by atoms with Crippen molar-refractivity contribution in [3.63, 3.8) is 0 Å². The van der Waals surface area contributed by atoms with E-state index in [0.29, 0.717) is 12.5 Å². The molecular weight excluding hydrogens is 342 g/mol. The molecule has 1 saturated heterocycles. The molecule has 1 N–H and O–H groups in total. The number of carbonyl (C=O) groups is 1. The SMILES string of the molecule is CCc1cnc(N2CC(C)CC(NC(=O)OC(C)(C)C)C2)c2cncnc12. The minimum absolute atomic E-state index is 0.0101. The van der Waals surface area contributed by atoms with Crippen molar-refractivity contribution < 1.29 is 9.53 Å². The van der Waals surface area contributed by atoms with Crippen LogP contribution >= 0.6 is 0 Å². The number of nitrogens with one attached hydrogen (secondary N) is 1.